The van der Waals surface area contributed by atoms with Crippen LogP contribution in [0, 0.1) is 5.92 Å². The number of rotatable bonds is 7. The van der Waals surface area contributed by atoms with Gasteiger partial charge in [0, 0.05) is 6.04 Å². The first-order valence-electron chi connectivity index (χ1n) is 5.54. The summed E-state index contributed by atoms with van der Waals surface area (Å²) in [6.07, 6.45) is 4.44. The van der Waals surface area contributed by atoms with Gasteiger partial charge < -0.3 is 5.11 Å². The van der Waals surface area contributed by atoms with Crippen molar-refractivity contribution in [2.75, 3.05) is 0 Å². The minimum Gasteiger partial charge on any atom is -0.379 e. The lowest BCUT2D eigenvalue weighted by atomic mass is 9.96. The van der Waals surface area contributed by atoms with Gasteiger partial charge in [-0.25, -0.2) is 0 Å². The molecule has 0 amide bonds. The Balaban J connectivity index is 3.69. The number of nitrogens with one attached hydrogen (secondary N) is 1. The molecular formula is C11H25NO. The Morgan fingerprint density at radius 2 is 1.85 bits per heavy atom. The molecule has 2 heteroatoms. The van der Waals surface area contributed by atoms with E-state index in [2.05, 4.69) is 26.1 Å². The molecule has 0 aliphatic heterocycles. The largest absolute Gasteiger partial charge is 0.379 e. The van der Waals surface area contributed by atoms with Gasteiger partial charge in [0.05, 0.1) is 0 Å². The van der Waals surface area contributed by atoms with E-state index in [0.717, 1.165) is 12.3 Å². The minimum atomic E-state index is -0.376. The first-order chi connectivity index (χ1) is 6.10. The van der Waals surface area contributed by atoms with E-state index in [1.807, 2.05) is 0 Å². The van der Waals surface area contributed by atoms with Gasteiger partial charge in [-0.2, -0.15) is 0 Å². The third-order valence-electron chi connectivity index (χ3n) is 2.44. The van der Waals surface area contributed by atoms with Gasteiger partial charge in [-0.3, -0.25) is 5.32 Å². The fourth-order valence-corrected chi connectivity index (χ4v) is 1.79. The summed E-state index contributed by atoms with van der Waals surface area (Å²) in [5.41, 5.74) is 0. The van der Waals surface area contributed by atoms with Gasteiger partial charge in [-0.15, -0.1) is 0 Å². The van der Waals surface area contributed by atoms with Crippen molar-refractivity contribution in [1.29, 1.82) is 0 Å². The minimum absolute atomic E-state index is 0.376. The first kappa shape index (κ1) is 12.9. The molecule has 0 radical (unpaired) electrons. The predicted molar refractivity (Wildman–Crippen MR) is 57.6 cm³/mol. The summed E-state index contributed by atoms with van der Waals surface area (Å²) in [6.45, 7) is 8.46. The lowest BCUT2D eigenvalue weighted by Gasteiger charge is -2.22. The van der Waals surface area contributed by atoms with E-state index < -0.39 is 0 Å². The molecule has 0 heterocycles. The first-order valence-corrected chi connectivity index (χ1v) is 5.54. The molecule has 0 aromatic rings. The average molecular weight is 187 g/mol. The van der Waals surface area contributed by atoms with Gasteiger partial charge in [0.15, 0.2) is 0 Å². The molecule has 80 valence electrons. The third-order valence-corrected chi connectivity index (χ3v) is 2.44. The van der Waals surface area contributed by atoms with Crippen LogP contribution < -0.4 is 5.32 Å². The van der Waals surface area contributed by atoms with E-state index in [9.17, 15) is 5.11 Å². The van der Waals surface area contributed by atoms with Crippen molar-refractivity contribution in [1.82, 2.24) is 5.32 Å². The average Bonchev–Trinajstić information content (AvgIpc) is 2.02. The molecule has 0 fully saturated rings. The van der Waals surface area contributed by atoms with Crippen LogP contribution in [-0.2, 0) is 0 Å². The van der Waals surface area contributed by atoms with Crippen LogP contribution in [0.15, 0.2) is 0 Å². The SMILES string of the molecule is CCCC(C)CC(CC)NC(C)O. The second-order valence-corrected chi connectivity index (χ2v) is 4.08. The highest BCUT2D eigenvalue weighted by atomic mass is 16.3. The van der Waals surface area contributed by atoms with Crippen LogP contribution in [0.3, 0.4) is 0 Å². The third kappa shape index (κ3) is 7.03. The quantitative estimate of drug-likeness (QED) is 0.600. The molecule has 0 rings (SSSR count). The zero-order chi connectivity index (χ0) is 10.3. The Labute approximate surface area is 82.7 Å². The number of aliphatic hydroxyl groups is 1. The van der Waals surface area contributed by atoms with E-state index in [1.165, 1.54) is 19.3 Å². The molecule has 0 aromatic heterocycles. The lowest BCUT2D eigenvalue weighted by Crippen LogP contribution is -2.36. The van der Waals surface area contributed by atoms with Crippen molar-refractivity contribution >= 4 is 0 Å². The molecule has 0 aliphatic rings. The number of hydrogen-bond donors (Lipinski definition) is 2. The van der Waals surface area contributed by atoms with Crippen molar-refractivity contribution < 1.29 is 5.11 Å². The zero-order valence-corrected chi connectivity index (χ0v) is 9.51. The van der Waals surface area contributed by atoms with Gasteiger partial charge >= 0.3 is 0 Å². The smallest absolute Gasteiger partial charge is 0.102 e. The molecule has 3 unspecified atom stereocenters. The van der Waals surface area contributed by atoms with Gasteiger partial charge in [0.25, 0.3) is 0 Å². The van der Waals surface area contributed by atoms with Crippen LogP contribution in [0.4, 0.5) is 0 Å². The summed E-state index contributed by atoms with van der Waals surface area (Å²) < 4.78 is 0. The maximum Gasteiger partial charge on any atom is 0.102 e. The molecule has 13 heavy (non-hydrogen) atoms. The Morgan fingerprint density at radius 3 is 2.23 bits per heavy atom. The second-order valence-electron chi connectivity index (χ2n) is 4.08. The molecule has 2 nitrogen and oxygen atoms in total. The van der Waals surface area contributed by atoms with Crippen molar-refractivity contribution in [2.24, 2.45) is 5.92 Å². The van der Waals surface area contributed by atoms with Crippen LogP contribution in [0.1, 0.15) is 53.4 Å². The van der Waals surface area contributed by atoms with Crippen molar-refractivity contribution in [2.45, 2.75) is 65.6 Å². The fraction of sp³-hybridized carbons (Fsp3) is 1.00. The molecule has 0 bridgehead atoms. The van der Waals surface area contributed by atoms with Gasteiger partial charge in [-0.1, -0.05) is 33.6 Å². The van der Waals surface area contributed by atoms with E-state index in [-0.39, 0.29) is 6.23 Å². The highest BCUT2D eigenvalue weighted by Gasteiger charge is 2.11. The van der Waals surface area contributed by atoms with Gasteiger partial charge in [-0.05, 0) is 25.7 Å². The van der Waals surface area contributed by atoms with Crippen LogP contribution in [0.5, 0.6) is 0 Å². The maximum atomic E-state index is 9.19. The normalized spacial score (nSPS) is 18.2. The van der Waals surface area contributed by atoms with Crippen molar-refractivity contribution in [3.8, 4) is 0 Å². The second kappa shape index (κ2) is 7.34. The van der Waals surface area contributed by atoms with Crippen molar-refractivity contribution in [3.05, 3.63) is 0 Å². The summed E-state index contributed by atoms with van der Waals surface area (Å²) in [6, 6.07) is 0.474. The molecular weight excluding hydrogens is 162 g/mol. The maximum absolute atomic E-state index is 9.19. The van der Waals surface area contributed by atoms with Crippen LogP contribution in [-0.4, -0.2) is 17.4 Å². The Kier molecular flexibility index (Phi) is 7.29. The van der Waals surface area contributed by atoms with E-state index in [4.69, 9.17) is 0 Å². The topological polar surface area (TPSA) is 32.3 Å². The van der Waals surface area contributed by atoms with E-state index in [0.29, 0.717) is 6.04 Å². The van der Waals surface area contributed by atoms with Gasteiger partial charge in [0.2, 0.25) is 0 Å². The Morgan fingerprint density at radius 1 is 1.23 bits per heavy atom. The summed E-state index contributed by atoms with van der Waals surface area (Å²) in [5, 5.41) is 12.4. The van der Waals surface area contributed by atoms with Gasteiger partial charge in [0.1, 0.15) is 6.23 Å². The Bertz CT molecular complexity index is 115. The number of hydrogen-bond acceptors (Lipinski definition) is 2. The summed E-state index contributed by atoms with van der Waals surface area (Å²) in [7, 11) is 0. The van der Waals surface area contributed by atoms with E-state index >= 15 is 0 Å². The lowest BCUT2D eigenvalue weighted by molar-refractivity contribution is 0.132. The molecule has 0 spiro atoms. The summed E-state index contributed by atoms with van der Waals surface area (Å²) in [5.74, 6) is 0.765. The van der Waals surface area contributed by atoms with Crippen LogP contribution in [0.2, 0.25) is 0 Å². The predicted octanol–water partition coefficient (Wildman–Crippen LogP) is 2.52. The summed E-state index contributed by atoms with van der Waals surface area (Å²) >= 11 is 0. The zero-order valence-electron chi connectivity index (χ0n) is 9.51. The highest BCUT2D eigenvalue weighted by molar-refractivity contribution is 4.68. The summed E-state index contributed by atoms with van der Waals surface area (Å²) in [4.78, 5) is 0. The monoisotopic (exact) mass is 187 g/mol. The van der Waals surface area contributed by atoms with Crippen LogP contribution >= 0.6 is 0 Å². The molecule has 0 saturated heterocycles. The molecule has 3 atom stereocenters. The molecule has 0 saturated carbocycles. The van der Waals surface area contributed by atoms with Crippen molar-refractivity contribution in [3.63, 3.8) is 0 Å². The standard InChI is InChI=1S/C11H25NO/c1-5-7-9(3)8-11(6-2)12-10(4)13/h9-13H,5-8H2,1-4H3. The molecule has 0 aromatic carbocycles. The van der Waals surface area contributed by atoms with E-state index in [1.54, 1.807) is 6.92 Å². The fourth-order valence-electron chi connectivity index (χ4n) is 1.79. The highest BCUT2D eigenvalue weighted by Crippen LogP contribution is 2.14. The molecule has 0 aliphatic carbocycles. The number of aliphatic hydroxyl groups excluding tert-OH is 1. The molecule has 2 N–H and O–H groups in total. The Hall–Kier alpha value is -0.0800. The van der Waals surface area contributed by atoms with Crippen LogP contribution in [0.25, 0.3) is 0 Å².